The van der Waals surface area contributed by atoms with Crippen LogP contribution in [-0.4, -0.2) is 178 Å². The highest BCUT2D eigenvalue weighted by molar-refractivity contribution is 5.79. The van der Waals surface area contributed by atoms with Gasteiger partial charge in [0.05, 0.1) is 58.1 Å². The van der Waals surface area contributed by atoms with E-state index in [9.17, 15) is 39.3 Å². The zero-order chi connectivity index (χ0) is 28.4. The minimum atomic E-state index is -1.24. The monoisotopic (exact) mass is 539 g/mol. The standard InChI is InChI=1S/C20H37N5O12/c26-12-14(28)5-21-16(30)7-24(10-19(34)35)3-1-23(9-18(32)33)2-4-25(11-20(36)37)8-17(31)22-6-15(29)13-27/h14-15,26-29H,1-13H2,(H,21,30)(H,22,31)(H,32,33)(H,34,35)(H,36,37). The molecule has 0 aliphatic heterocycles. The van der Waals surface area contributed by atoms with Crippen molar-refractivity contribution in [3.05, 3.63) is 0 Å². The number of nitrogens with zero attached hydrogens (tertiary/aromatic N) is 3. The summed E-state index contributed by atoms with van der Waals surface area (Å²) in [5.74, 6) is -4.93. The van der Waals surface area contributed by atoms with Gasteiger partial charge in [-0.15, -0.1) is 0 Å². The van der Waals surface area contributed by atoms with E-state index < -0.39 is 74.8 Å². The van der Waals surface area contributed by atoms with Crippen LogP contribution in [0, 0.1) is 0 Å². The molecule has 17 nitrogen and oxygen atoms in total. The van der Waals surface area contributed by atoms with Gasteiger partial charge in [0.25, 0.3) is 0 Å². The largest absolute Gasteiger partial charge is 0.480 e. The molecule has 214 valence electrons. The van der Waals surface area contributed by atoms with Crippen LogP contribution in [0.15, 0.2) is 0 Å². The van der Waals surface area contributed by atoms with Crippen LogP contribution < -0.4 is 10.6 Å². The number of carbonyl (C=O) groups excluding carboxylic acids is 2. The lowest BCUT2D eigenvalue weighted by Gasteiger charge is -2.28. The highest BCUT2D eigenvalue weighted by Crippen LogP contribution is 1.97. The average molecular weight is 540 g/mol. The summed E-state index contributed by atoms with van der Waals surface area (Å²) in [6.07, 6.45) is -2.36. The third-order valence-electron chi connectivity index (χ3n) is 4.77. The third-order valence-corrected chi connectivity index (χ3v) is 4.77. The Morgan fingerprint density at radius 2 is 0.838 bits per heavy atom. The summed E-state index contributed by atoms with van der Waals surface area (Å²) in [6, 6.07) is 0. The summed E-state index contributed by atoms with van der Waals surface area (Å²) in [7, 11) is 0. The van der Waals surface area contributed by atoms with E-state index in [1.54, 1.807) is 0 Å². The molecular weight excluding hydrogens is 502 g/mol. The highest BCUT2D eigenvalue weighted by atomic mass is 16.4. The smallest absolute Gasteiger partial charge is 0.317 e. The highest BCUT2D eigenvalue weighted by Gasteiger charge is 2.20. The number of amides is 2. The zero-order valence-electron chi connectivity index (χ0n) is 20.4. The average Bonchev–Trinajstić information content (AvgIpc) is 2.81. The number of carbonyl (C=O) groups is 5. The molecule has 17 heteroatoms. The molecule has 0 aliphatic rings. The summed E-state index contributed by atoms with van der Waals surface area (Å²) in [6.45, 7) is -4.07. The lowest BCUT2D eigenvalue weighted by atomic mass is 10.3. The summed E-state index contributed by atoms with van der Waals surface area (Å²) < 4.78 is 0. The first-order valence-corrected chi connectivity index (χ1v) is 11.3. The lowest BCUT2D eigenvalue weighted by Crippen LogP contribution is -2.48. The Kier molecular flexibility index (Phi) is 17.7. The van der Waals surface area contributed by atoms with E-state index >= 15 is 0 Å². The van der Waals surface area contributed by atoms with Crippen LogP contribution >= 0.6 is 0 Å². The first-order valence-electron chi connectivity index (χ1n) is 11.3. The van der Waals surface area contributed by atoms with Gasteiger partial charge in [0.15, 0.2) is 0 Å². The zero-order valence-corrected chi connectivity index (χ0v) is 20.4. The Labute approximate surface area is 212 Å². The van der Waals surface area contributed by atoms with Gasteiger partial charge in [0, 0.05) is 39.3 Å². The molecule has 2 unspecified atom stereocenters. The van der Waals surface area contributed by atoms with Crippen LogP contribution in [0.1, 0.15) is 0 Å². The van der Waals surface area contributed by atoms with Gasteiger partial charge in [-0.25, -0.2) is 0 Å². The van der Waals surface area contributed by atoms with Crippen LogP contribution in [-0.2, 0) is 24.0 Å². The fraction of sp³-hybridized carbons (Fsp3) is 0.750. The molecule has 2 amide bonds. The van der Waals surface area contributed by atoms with Crippen LogP contribution in [0.4, 0.5) is 0 Å². The fourth-order valence-electron chi connectivity index (χ4n) is 2.95. The van der Waals surface area contributed by atoms with Gasteiger partial charge in [0.2, 0.25) is 11.8 Å². The third kappa shape index (κ3) is 18.9. The minimum Gasteiger partial charge on any atom is -0.480 e. The molecule has 0 aromatic heterocycles. The second-order valence-electron chi connectivity index (χ2n) is 8.16. The van der Waals surface area contributed by atoms with E-state index in [-0.39, 0.29) is 52.4 Å². The van der Waals surface area contributed by atoms with Gasteiger partial charge in [-0.1, -0.05) is 0 Å². The quantitative estimate of drug-likeness (QED) is 0.0620. The second-order valence-corrected chi connectivity index (χ2v) is 8.16. The molecule has 0 rings (SSSR count). The van der Waals surface area contributed by atoms with E-state index in [4.69, 9.17) is 20.4 Å². The van der Waals surface area contributed by atoms with Crippen molar-refractivity contribution >= 4 is 29.7 Å². The molecule has 0 heterocycles. The van der Waals surface area contributed by atoms with Gasteiger partial charge in [0.1, 0.15) is 0 Å². The molecule has 0 fully saturated rings. The van der Waals surface area contributed by atoms with Crippen molar-refractivity contribution in [2.75, 3.05) is 85.2 Å². The number of aliphatic hydroxyl groups excluding tert-OH is 4. The Balaban J connectivity index is 5.09. The summed E-state index contributed by atoms with van der Waals surface area (Å²) >= 11 is 0. The summed E-state index contributed by atoms with van der Waals surface area (Å²) in [5.41, 5.74) is 0. The first kappa shape index (κ1) is 34.1. The maximum absolute atomic E-state index is 12.0. The Hall–Kier alpha value is -2.93. The van der Waals surface area contributed by atoms with E-state index in [1.807, 2.05) is 0 Å². The second kappa shape index (κ2) is 19.2. The van der Waals surface area contributed by atoms with Crippen molar-refractivity contribution in [3.8, 4) is 0 Å². The molecule has 9 N–H and O–H groups in total. The molecule has 2 atom stereocenters. The van der Waals surface area contributed by atoms with Crippen LogP contribution in [0.3, 0.4) is 0 Å². The molecule has 0 saturated carbocycles. The number of carboxylic acid groups (broad SMARTS) is 3. The maximum Gasteiger partial charge on any atom is 0.317 e. The van der Waals surface area contributed by atoms with Crippen LogP contribution in [0.25, 0.3) is 0 Å². The molecular formula is C20H37N5O12. The normalized spacial score (nSPS) is 12.9. The van der Waals surface area contributed by atoms with Crippen LogP contribution in [0.2, 0.25) is 0 Å². The molecule has 0 radical (unpaired) electrons. The molecule has 0 spiro atoms. The number of hydrogen-bond donors (Lipinski definition) is 9. The number of rotatable bonds is 22. The van der Waals surface area contributed by atoms with Gasteiger partial charge in [-0.05, 0) is 0 Å². The number of nitrogens with one attached hydrogen (secondary N) is 2. The van der Waals surface area contributed by atoms with Gasteiger partial charge in [-0.2, -0.15) is 0 Å². The summed E-state index contributed by atoms with van der Waals surface area (Å²) in [5, 5.41) is 68.3. The fourth-order valence-corrected chi connectivity index (χ4v) is 2.95. The molecule has 0 aromatic carbocycles. The minimum absolute atomic E-state index is 0.0120. The first-order chi connectivity index (χ1) is 17.4. The Morgan fingerprint density at radius 3 is 1.14 bits per heavy atom. The van der Waals surface area contributed by atoms with Crippen molar-refractivity contribution in [1.29, 1.82) is 0 Å². The Bertz CT molecular complexity index is 689. The summed E-state index contributed by atoms with van der Waals surface area (Å²) in [4.78, 5) is 61.6. The van der Waals surface area contributed by atoms with Gasteiger partial charge < -0.3 is 46.4 Å². The Morgan fingerprint density at radius 1 is 0.541 bits per heavy atom. The van der Waals surface area contributed by atoms with Crippen molar-refractivity contribution < 1.29 is 59.7 Å². The number of carboxylic acids is 3. The van der Waals surface area contributed by atoms with Crippen LogP contribution in [0.5, 0.6) is 0 Å². The van der Waals surface area contributed by atoms with Gasteiger partial charge >= 0.3 is 17.9 Å². The predicted octanol–water partition coefficient (Wildman–Crippen LogP) is -5.91. The van der Waals surface area contributed by atoms with E-state index in [1.165, 1.54) is 14.7 Å². The maximum atomic E-state index is 12.0. The number of aliphatic hydroxyl groups is 4. The molecule has 37 heavy (non-hydrogen) atoms. The molecule has 0 aliphatic carbocycles. The van der Waals surface area contributed by atoms with Crippen molar-refractivity contribution in [3.63, 3.8) is 0 Å². The number of hydrogen-bond acceptors (Lipinski definition) is 12. The van der Waals surface area contributed by atoms with Crippen molar-refractivity contribution in [2.24, 2.45) is 0 Å². The predicted molar refractivity (Wildman–Crippen MR) is 124 cm³/mol. The molecule has 0 saturated heterocycles. The van der Waals surface area contributed by atoms with Crippen molar-refractivity contribution in [2.45, 2.75) is 12.2 Å². The SMILES string of the molecule is O=C(O)CN(CCN(CC(=O)O)CC(=O)NCC(O)CO)CCN(CC(=O)O)CC(=O)NCC(O)CO. The van der Waals surface area contributed by atoms with Gasteiger partial charge in [-0.3, -0.25) is 38.7 Å². The number of aliphatic carboxylic acids is 3. The van der Waals surface area contributed by atoms with E-state index in [0.29, 0.717) is 0 Å². The van der Waals surface area contributed by atoms with Crippen molar-refractivity contribution in [1.82, 2.24) is 25.3 Å². The van der Waals surface area contributed by atoms with E-state index in [2.05, 4.69) is 10.6 Å². The molecule has 0 aromatic rings. The lowest BCUT2D eigenvalue weighted by molar-refractivity contribution is -0.141. The molecule has 0 bridgehead atoms. The van der Waals surface area contributed by atoms with E-state index in [0.717, 1.165) is 0 Å². The topological polar surface area (TPSA) is 261 Å².